The van der Waals surface area contributed by atoms with E-state index in [1.54, 1.807) is 0 Å². The normalized spacial score (nSPS) is 10.2. The summed E-state index contributed by atoms with van der Waals surface area (Å²) in [5.41, 5.74) is 0.0898. The van der Waals surface area contributed by atoms with Gasteiger partial charge in [-0.05, 0) is 24.3 Å². The first-order chi connectivity index (χ1) is 7.66. The molecule has 0 spiro atoms. The first kappa shape index (κ1) is 10.5. The van der Waals surface area contributed by atoms with Crippen molar-refractivity contribution in [3.63, 3.8) is 0 Å². The number of halogens is 3. The Balaban J connectivity index is 2.30. The smallest absolute Gasteiger partial charge is 0.167 e. The minimum absolute atomic E-state index is 0.304. The van der Waals surface area contributed by atoms with Gasteiger partial charge in [0.1, 0.15) is 11.5 Å². The van der Waals surface area contributed by atoms with Crippen molar-refractivity contribution in [3.05, 3.63) is 54.1 Å². The lowest BCUT2D eigenvalue weighted by Gasteiger charge is -2.07. The molecule has 0 saturated heterocycles. The summed E-state index contributed by atoms with van der Waals surface area (Å²) in [6.07, 6.45) is 1.80. The summed E-state index contributed by atoms with van der Waals surface area (Å²) in [7, 11) is 0. The zero-order valence-corrected chi connectivity index (χ0v) is 8.05. The van der Waals surface area contributed by atoms with Crippen LogP contribution in [0.4, 0.5) is 24.5 Å². The molecule has 0 radical (unpaired) electrons. The van der Waals surface area contributed by atoms with Crippen LogP contribution in [-0.4, -0.2) is 4.98 Å². The first-order valence-corrected chi connectivity index (χ1v) is 4.48. The Morgan fingerprint density at radius 3 is 2.00 bits per heavy atom. The summed E-state index contributed by atoms with van der Waals surface area (Å²) >= 11 is 0. The molecule has 0 saturated carbocycles. The molecule has 1 aromatic heterocycles. The number of aromatic nitrogens is 1. The summed E-state index contributed by atoms with van der Waals surface area (Å²) < 4.78 is 39.0. The second kappa shape index (κ2) is 4.22. The number of hydrogen-bond acceptors (Lipinski definition) is 2. The SMILES string of the molecule is Fc1ccc(Nc2c(F)cncc2F)cc1. The average molecular weight is 224 g/mol. The van der Waals surface area contributed by atoms with Gasteiger partial charge in [0.2, 0.25) is 0 Å². The molecule has 5 heteroatoms. The van der Waals surface area contributed by atoms with Crippen molar-refractivity contribution in [2.24, 2.45) is 0 Å². The van der Waals surface area contributed by atoms with Gasteiger partial charge in [-0.3, -0.25) is 4.98 Å². The Labute approximate surface area is 89.8 Å². The van der Waals surface area contributed by atoms with E-state index in [0.717, 1.165) is 12.4 Å². The Morgan fingerprint density at radius 2 is 1.44 bits per heavy atom. The third-order valence-electron chi connectivity index (χ3n) is 1.97. The van der Waals surface area contributed by atoms with E-state index in [9.17, 15) is 13.2 Å². The molecule has 0 atom stereocenters. The van der Waals surface area contributed by atoms with Crippen LogP contribution in [0.3, 0.4) is 0 Å². The van der Waals surface area contributed by atoms with E-state index in [0.29, 0.717) is 5.69 Å². The number of nitrogens with one attached hydrogen (secondary N) is 1. The van der Waals surface area contributed by atoms with Gasteiger partial charge in [0.25, 0.3) is 0 Å². The fraction of sp³-hybridized carbons (Fsp3) is 0. The van der Waals surface area contributed by atoms with Gasteiger partial charge in [0, 0.05) is 5.69 Å². The molecule has 16 heavy (non-hydrogen) atoms. The number of rotatable bonds is 2. The Hall–Kier alpha value is -2.04. The van der Waals surface area contributed by atoms with Gasteiger partial charge >= 0.3 is 0 Å². The fourth-order valence-corrected chi connectivity index (χ4v) is 1.21. The van der Waals surface area contributed by atoms with Gasteiger partial charge in [-0.15, -0.1) is 0 Å². The minimum Gasteiger partial charge on any atom is -0.351 e. The molecule has 1 heterocycles. The van der Waals surface area contributed by atoms with Crippen LogP contribution in [0.15, 0.2) is 36.7 Å². The summed E-state index contributed by atoms with van der Waals surface area (Å²) in [5.74, 6) is -2.02. The molecule has 0 amide bonds. The lowest BCUT2D eigenvalue weighted by atomic mass is 10.3. The molecule has 82 valence electrons. The topological polar surface area (TPSA) is 24.9 Å². The van der Waals surface area contributed by atoms with Crippen LogP contribution in [0.5, 0.6) is 0 Å². The molecular weight excluding hydrogens is 217 g/mol. The fourth-order valence-electron chi connectivity index (χ4n) is 1.21. The van der Waals surface area contributed by atoms with E-state index in [2.05, 4.69) is 10.3 Å². The monoisotopic (exact) mass is 224 g/mol. The Bertz CT molecular complexity index is 477. The molecule has 0 aliphatic carbocycles. The molecule has 2 rings (SSSR count). The van der Waals surface area contributed by atoms with Gasteiger partial charge in [-0.2, -0.15) is 0 Å². The van der Waals surface area contributed by atoms with Crippen LogP contribution in [0.2, 0.25) is 0 Å². The minimum atomic E-state index is -0.802. The van der Waals surface area contributed by atoms with Crippen molar-refractivity contribution >= 4 is 11.4 Å². The van der Waals surface area contributed by atoms with Gasteiger partial charge < -0.3 is 5.32 Å². The molecule has 1 aromatic carbocycles. The third kappa shape index (κ3) is 2.13. The summed E-state index contributed by atoms with van der Waals surface area (Å²) in [4.78, 5) is 3.35. The average Bonchev–Trinajstić information content (AvgIpc) is 2.26. The van der Waals surface area contributed by atoms with Crippen molar-refractivity contribution in [3.8, 4) is 0 Å². The lowest BCUT2D eigenvalue weighted by molar-refractivity contribution is 0.580. The second-order valence-corrected chi connectivity index (χ2v) is 3.11. The van der Waals surface area contributed by atoms with Crippen molar-refractivity contribution in [1.29, 1.82) is 0 Å². The van der Waals surface area contributed by atoms with Gasteiger partial charge in [-0.1, -0.05) is 0 Å². The molecule has 2 aromatic rings. The van der Waals surface area contributed by atoms with Gasteiger partial charge in [-0.25, -0.2) is 13.2 Å². The largest absolute Gasteiger partial charge is 0.351 e. The highest BCUT2D eigenvalue weighted by Gasteiger charge is 2.08. The van der Waals surface area contributed by atoms with Crippen molar-refractivity contribution in [2.75, 3.05) is 5.32 Å². The zero-order chi connectivity index (χ0) is 11.5. The Morgan fingerprint density at radius 1 is 0.875 bits per heavy atom. The van der Waals surface area contributed by atoms with E-state index in [-0.39, 0.29) is 5.69 Å². The number of hydrogen-bond donors (Lipinski definition) is 1. The highest BCUT2D eigenvalue weighted by Crippen LogP contribution is 2.22. The van der Waals surface area contributed by atoms with Crippen molar-refractivity contribution in [2.45, 2.75) is 0 Å². The number of pyridine rings is 1. The van der Waals surface area contributed by atoms with E-state index < -0.39 is 17.5 Å². The number of benzene rings is 1. The maximum absolute atomic E-state index is 13.2. The molecule has 0 bridgehead atoms. The summed E-state index contributed by atoms with van der Waals surface area (Å²) in [5, 5.41) is 2.51. The van der Waals surface area contributed by atoms with Crippen LogP contribution in [0.1, 0.15) is 0 Å². The highest BCUT2D eigenvalue weighted by molar-refractivity contribution is 5.59. The zero-order valence-electron chi connectivity index (χ0n) is 8.05. The molecule has 0 aliphatic rings. The van der Waals surface area contributed by atoms with E-state index in [1.165, 1.54) is 24.3 Å². The van der Waals surface area contributed by atoms with Crippen LogP contribution in [0, 0.1) is 17.5 Å². The first-order valence-electron chi connectivity index (χ1n) is 4.48. The quantitative estimate of drug-likeness (QED) is 0.846. The van der Waals surface area contributed by atoms with E-state index in [4.69, 9.17) is 0 Å². The third-order valence-corrected chi connectivity index (χ3v) is 1.97. The predicted octanol–water partition coefficient (Wildman–Crippen LogP) is 3.24. The molecule has 0 aliphatic heterocycles. The van der Waals surface area contributed by atoms with Crippen molar-refractivity contribution in [1.82, 2.24) is 4.98 Å². The standard InChI is InChI=1S/C11H7F3N2/c12-7-1-3-8(4-2-7)16-11-9(13)5-15-6-10(11)14/h1-6H,(H,15,16). The second-order valence-electron chi connectivity index (χ2n) is 3.11. The number of nitrogens with zero attached hydrogens (tertiary/aromatic N) is 1. The maximum atomic E-state index is 13.2. The molecule has 1 N–H and O–H groups in total. The number of anilines is 2. The van der Waals surface area contributed by atoms with Crippen molar-refractivity contribution < 1.29 is 13.2 Å². The van der Waals surface area contributed by atoms with Crippen LogP contribution < -0.4 is 5.32 Å². The maximum Gasteiger partial charge on any atom is 0.167 e. The van der Waals surface area contributed by atoms with Crippen LogP contribution >= 0.6 is 0 Å². The lowest BCUT2D eigenvalue weighted by Crippen LogP contribution is -1.98. The molecule has 0 unspecified atom stereocenters. The molecule has 0 fully saturated rings. The highest BCUT2D eigenvalue weighted by atomic mass is 19.1. The van der Waals surface area contributed by atoms with E-state index in [1.807, 2.05) is 0 Å². The Kier molecular flexibility index (Phi) is 2.76. The van der Waals surface area contributed by atoms with Crippen LogP contribution in [-0.2, 0) is 0 Å². The summed E-state index contributed by atoms with van der Waals surface area (Å²) in [6.45, 7) is 0. The molecular formula is C11H7F3N2. The van der Waals surface area contributed by atoms with E-state index >= 15 is 0 Å². The van der Waals surface area contributed by atoms with Gasteiger partial charge in [0.05, 0.1) is 12.4 Å². The predicted molar refractivity (Wildman–Crippen MR) is 53.8 cm³/mol. The van der Waals surface area contributed by atoms with Crippen LogP contribution in [0.25, 0.3) is 0 Å². The van der Waals surface area contributed by atoms with Gasteiger partial charge in [0.15, 0.2) is 11.6 Å². The summed E-state index contributed by atoms with van der Waals surface area (Å²) in [6, 6.07) is 5.15. The molecule has 2 nitrogen and oxygen atoms in total.